The monoisotopic (exact) mass is 339 g/mol. The quantitative estimate of drug-likeness (QED) is 0.435. The summed E-state index contributed by atoms with van der Waals surface area (Å²) < 4.78 is 26.9. The molecule has 124 valence electrons. The number of nitrogens with one attached hydrogen (secondary N) is 1. The van der Waals surface area contributed by atoms with Gasteiger partial charge in [-0.3, -0.25) is 0 Å². The first-order chi connectivity index (χ1) is 10.1. The largest absolute Gasteiger partial charge is 0.240 e. The van der Waals surface area contributed by atoms with Gasteiger partial charge in [-0.2, -0.15) is 0 Å². The van der Waals surface area contributed by atoms with Gasteiger partial charge in [0.1, 0.15) is 0 Å². The van der Waals surface area contributed by atoms with Crippen LogP contribution in [0.15, 0.2) is 40.8 Å². The SMILES string of the molecule is C/C(=C\CCCNS(=O)(=O)c1ccc(C)cc1)C[Si](C)(C)C. The molecule has 22 heavy (non-hydrogen) atoms. The van der Waals surface area contributed by atoms with Gasteiger partial charge in [-0.15, -0.1) is 0 Å². The summed E-state index contributed by atoms with van der Waals surface area (Å²) in [6.45, 7) is 11.7. The van der Waals surface area contributed by atoms with Gasteiger partial charge < -0.3 is 0 Å². The van der Waals surface area contributed by atoms with Crippen LogP contribution < -0.4 is 4.72 Å². The zero-order chi connectivity index (χ0) is 16.8. The Labute approximate surface area is 136 Å². The lowest BCUT2D eigenvalue weighted by Crippen LogP contribution is -2.24. The fourth-order valence-electron chi connectivity index (χ4n) is 2.37. The zero-order valence-corrected chi connectivity index (χ0v) is 16.3. The summed E-state index contributed by atoms with van der Waals surface area (Å²) in [7, 11) is -4.42. The molecular weight excluding hydrogens is 310 g/mol. The number of hydrogen-bond donors (Lipinski definition) is 1. The van der Waals surface area contributed by atoms with E-state index in [1.54, 1.807) is 12.1 Å². The zero-order valence-electron chi connectivity index (χ0n) is 14.4. The average Bonchev–Trinajstić information content (AvgIpc) is 2.36. The highest BCUT2D eigenvalue weighted by Gasteiger charge is 2.13. The summed E-state index contributed by atoms with van der Waals surface area (Å²) in [6.07, 6.45) is 4.00. The molecule has 0 aliphatic rings. The predicted molar refractivity (Wildman–Crippen MR) is 97.5 cm³/mol. The van der Waals surface area contributed by atoms with Crippen molar-refractivity contribution in [1.29, 1.82) is 0 Å². The van der Waals surface area contributed by atoms with E-state index in [0.29, 0.717) is 11.4 Å². The van der Waals surface area contributed by atoms with Crippen molar-refractivity contribution in [2.24, 2.45) is 0 Å². The maximum Gasteiger partial charge on any atom is 0.240 e. The molecule has 1 rings (SSSR count). The molecule has 0 bridgehead atoms. The molecule has 0 atom stereocenters. The Morgan fingerprint density at radius 3 is 2.32 bits per heavy atom. The van der Waals surface area contributed by atoms with E-state index in [9.17, 15) is 8.42 Å². The summed E-state index contributed by atoms with van der Waals surface area (Å²) in [5.74, 6) is 0. The minimum atomic E-state index is -3.37. The molecule has 5 heteroatoms. The normalized spacial score (nSPS) is 13.4. The van der Waals surface area contributed by atoms with Gasteiger partial charge in [0.05, 0.1) is 4.90 Å². The van der Waals surface area contributed by atoms with E-state index < -0.39 is 18.1 Å². The van der Waals surface area contributed by atoms with Crippen molar-refractivity contribution in [3.05, 3.63) is 41.5 Å². The Morgan fingerprint density at radius 1 is 1.18 bits per heavy atom. The molecule has 0 aliphatic carbocycles. The fourth-order valence-corrected chi connectivity index (χ4v) is 5.26. The Balaban J connectivity index is 2.41. The van der Waals surface area contributed by atoms with Crippen LogP contribution in [0.1, 0.15) is 25.3 Å². The Kier molecular flexibility index (Phi) is 7.03. The Bertz CT molecular complexity index is 599. The molecular formula is C17H29NO2SSi. The van der Waals surface area contributed by atoms with Gasteiger partial charge >= 0.3 is 0 Å². The highest BCUT2D eigenvalue weighted by molar-refractivity contribution is 7.89. The molecule has 0 fully saturated rings. The minimum Gasteiger partial charge on any atom is -0.211 e. The summed E-state index contributed by atoms with van der Waals surface area (Å²) in [6, 6.07) is 8.14. The molecule has 0 amide bonds. The topological polar surface area (TPSA) is 46.2 Å². The summed E-state index contributed by atoms with van der Waals surface area (Å²) in [4.78, 5) is 0.337. The maximum atomic E-state index is 12.1. The number of rotatable bonds is 8. The summed E-state index contributed by atoms with van der Waals surface area (Å²) in [5, 5.41) is 0. The van der Waals surface area contributed by atoms with Crippen LogP contribution in [0.2, 0.25) is 25.7 Å². The van der Waals surface area contributed by atoms with E-state index in [1.165, 1.54) is 11.6 Å². The molecule has 0 radical (unpaired) electrons. The third-order valence-corrected chi connectivity index (χ3v) is 6.40. The standard InChI is InChI=1S/C17H29NO2SSi/c1-15-9-11-17(12-10-15)21(19,20)18-13-7-6-8-16(2)14-22(3,4)5/h8-12,18H,6-7,13-14H2,1-5H3/b16-8+. The first kappa shape index (κ1) is 19.1. The molecule has 0 saturated heterocycles. The Hall–Kier alpha value is -0.913. The molecule has 0 aromatic heterocycles. The highest BCUT2D eigenvalue weighted by atomic mass is 32.2. The molecule has 0 unspecified atom stereocenters. The van der Waals surface area contributed by atoms with E-state index >= 15 is 0 Å². The minimum absolute atomic E-state index is 0.337. The van der Waals surface area contributed by atoms with Gasteiger partial charge in [0.15, 0.2) is 0 Å². The van der Waals surface area contributed by atoms with Crippen LogP contribution in [0.25, 0.3) is 0 Å². The lowest BCUT2D eigenvalue weighted by molar-refractivity contribution is 0.579. The number of unbranched alkanes of at least 4 members (excludes halogenated alkanes) is 1. The van der Waals surface area contributed by atoms with Crippen molar-refractivity contribution in [1.82, 2.24) is 4.72 Å². The second-order valence-electron chi connectivity index (χ2n) is 7.14. The van der Waals surface area contributed by atoms with Crippen molar-refractivity contribution >= 4 is 18.1 Å². The van der Waals surface area contributed by atoms with E-state index in [4.69, 9.17) is 0 Å². The van der Waals surface area contributed by atoms with Gasteiger partial charge in [-0.1, -0.05) is 49.0 Å². The summed E-state index contributed by atoms with van der Waals surface area (Å²) in [5.41, 5.74) is 2.49. The average molecular weight is 340 g/mol. The molecule has 1 aromatic carbocycles. The fraction of sp³-hybridized carbons (Fsp3) is 0.529. The van der Waals surface area contributed by atoms with E-state index in [-0.39, 0.29) is 0 Å². The van der Waals surface area contributed by atoms with Crippen molar-refractivity contribution in [3.8, 4) is 0 Å². The van der Waals surface area contributed by atoms with E-state index in [1.807, 2.05) is 19.1 Å². The third kappa shape index (κ3) is 7.38. The highest BCUT2D eigenvalue weighted by Crippen LogP contribution is 2.16. The lowest BCUT2D eigenvalue weighted by atomic mass is 10.2. The molecule has 0 heterocycles. The van der Waals surface area contributed by atoms with Gasteiger partial charge in [0.2, 0.25) is 10.0 Å². The smallest absolute Gasteiger partial charge is 0.211 e. The number of hydrogen-bond acceptors (Lipinski definition) is 2. The van der Waals surface area contributed by atoms with Crippen LogP contribution in [0.3, 0.4) is 0 Å². The first-order valence-corrected chi connectivity index (χ1v) is 13.0. The Morgan fingerprint density at radius 2 is 1.77 bits per heavy atom. The molecule has 1 aromatic rings. The van der Waals surface area contributed by atoms with Crippen molar-refractivity contribution in [3.63, 3.8) is 0 Å². The van der Waals surface area contributed by atoms with E-state index in [2.05, 4.69) is 37.4 Å². The van der Waals surface area contributed by atoms with Crippen molar-refractivity contribution in [2.45, 2.75) is 57.3 Å². The second kappa shape index (κ2) is 8.08. The number of aryl methyl sites for hydroxylation is 1. The summed E-state index contributed by atoms with van der Waals surface area (Å²) >= 11 is 0. The maximum absolute atomic E-state index is 12.1. The molecule has 3 nitrogen and oxygen atoms in total. The van der Waals surface area contributed by atoms with Crippen LogP contribution >= 0.6 is 0 Å². The van der Waals surface area contributed by atoms with Gasteiger partial charge in [-0.05, 0) is 44.9 Å². The molecule has 1 N–H and O–H groups in total. The molecule has 0 aliphatic heterocycles. The van der Waals surface area contributed by atoms with Crippen LogP contribution in [0, 0.1) is 6.92 Å². The molecule has 0 saturated carbocycles. The number of allylic oxidation sites excluding steroid dienone is 2. The van der Waals surface area contributed by atoms with Crippen molar-refractivity contribution in [2.75, 3.05) is 6.54 Å². The van der Waals surface area contributed by atoms with Gasteiger partial charge in [0, 0.05) is 14.6 Å². The third-order valence-electron chi connectivity index (χ3n) is 3.31. The van der Waals surface area contributed by atoms with Gasteiger partial charge in [-0.25, -0.2) is 13.1 Å². The van der Waals surface area contributed by atoms with Gasteiger partial charge in [0.25, 0.3) is 0 Å². The van der Waals surface area contributed by atoms with Crippen LogP contribution in [-0.2, 0) is 10.0 Å². The number of sulfonamides is 1. The van der Waals surface area contributed by atoms with Crippen LogP contribution in [0.4, 0.5) is 0 Å². The number of benzene rings is 1. The van der Waals surface area contributed by atoms with E-state index in [0.717, 1.165) is 18.4 Å². The molecule has 0 spiro atoms. The van der Waals surface area contributed by atoms with Crippen LogP contribution in [0.5, 0.6) is 0 Å². The lowest BCUT2D eigenvalue weighted by Gasteiger charge is -2.15. The second-order valence-corrected chi connectivity index (χ2v) is 14.4. The first-order valence-electron chi connectivity index (χ1n) is 7.82. The van der Waals surface area contributed by atoms with Crippen molar-refractivity contribution < 1.29 is 8.42 Å². The predicted octanol–water partition coefficient (Wildman–Crippen LogP) is 4.34. The van der Waals surface area contributed by atoms with Crippen LogP contribution in [-0.4, -0.2) is 23.0 Å².